The van der Waals surface area contributed by atoms with Gasteiger partial charge in [-0.15, -0.1) is 0 Å². The number of hydrogen-bond acceptors (Lipinski definition) is 3. The second-order valence-electron chi connectivity index (χ2n) is 5.82. The van der Waals surface area contributed by atoms with Crippen LogP contribution < -0.4 is 15.4 Å². The van der Waals surface area contributed by atoms with Gasteiger partial charge in [0.2, 0.25) is 0 Å². The van der Waals surface area contributed by atoms with Gasteiger partial charge in [0.1, 0.15) is 5.75 Å². The number of urea groups is 1. The topological polar surface area (TPSA) is 67.4 Å². The van der Waals surface area contributed by atoms with E-state index in [-0.39, 0.29) is 18.0 Å². The summed E-state index contributed by atoms with van der Waals surface area (Å²) in [5.41, 5.74) is 1.74. The summed E-state index contributed by atoms with van der Waals surface area (Å²) in [7, 11) is -1.08. The lowest BCUT2D eigenvalue weighted by molar-refractivity contribution is 0.244. The summed E-state index contributed by atoms with van der Waals surface area (Å²) in [4.78, 5) is 12.9. The van der Waals surface area contributed by atoms with Crippen LogP contribution in [0.15, 0.2) is 53.4 Å². The van der Waals surface area contributed by atoms with E-state index in [4.69, 9.17) is 4.74 Å². The molecule has 1 aliphatic rings. The molecule has 2 aromatic rings. The molecule has 5 nitrogen and oxygen atoms in total. The lowest BCUT2D eigenvalue weighted by Gasteiger charge is -2.20. The zero-order valence-electron chi connectivity index (χ0n) is 13.6. The third-order valence-corrected chi connectivity index (χ3v) is 5.04. The molecular formula is C18H20N2O3S. The molecule has 24 heavy (non-hydrogen) atoms. The Hall–Kier alpha value is -2.34. The number of carbonyl (C=O) groups excluding carboxylic acids is 1. The Morgan fingerprint density at radius 1 is 1.25 bits per heavy atom. The predicted molar refractivity (Wildman–Crippen MR) is 95.1 cm³/mol. The van der Waals surface area contributed by atoms with Crippen LogP contribution in [0.1, 0.15) is 18.4 Å². The van der Waals surface area contributed by atoms with E-state index >= 15 is 0 Å². The van der Waals surface area contributed by atoms with Gasteiger partial charge in [0, 0.05) is 45.2 Å². The van der Waals surface area contributed by atoms with Gasteiger partial charge in [-0.2, -0.15) is 0 Å². The Bertz CT molecular complexity index is 778. The molecule has 3 atom stereocenters. The summed E-state index contributed by atoms with van der Waals surface area (Å²) in [5.74, 6) is 1.01. The first-order valence-electron chi connectivity index (χ1n) is 7.77. The molecule has 0 aliphatic carbocycles. The largest absolute Gasteiger partial charge is 0.493 e. The fraction of sp³-hybridized carbons (Fsp3) is 0.278. The molecule has 126 valence electrons. The lowest BCUT2D eigenvalue weighted by atomic mass is 9.94. The zero-order chi connectivity index (χ0) is 17.1. The third-order valence-electron chi connectivity index (χ3n) is 4.12. The summed E-state index contributed by atoms with van der Waals surface area (Å²) < 4.78 is 17.2. The van der Waals surface area contributed by atoms with E-state index in [1.807, 2.05) is 31.2 Å². The molecular weight excluding hydrogens is 324 g/mol. The lowest BCUT2D eigenvalue weighted by Crippen LogP contribution is -2.40. The molecule has 0 saturated heterocycles. The number of benzene rings is 2. The minimum Gasteiger partial charge on any atom is -0.493 e. The van der Waals surface area contributed by atoms with E-state index in [9.17, 15) is 9.00 Å². The maximum atomic E-state index is 12.2. The van der Waals surface area contributed by atoms with Crippen LogP contribution in [-0.4, -0.2) is 29.1 Å². The first-order valence-corrected chi connectivity index (χ1v) is 9.33. The van der Waals surface area contributed by atoms with E-state index < -0.39 is 10.8 Å². The van der Waals surface area contributed by atoms with Crippen molar-refractivity contribution in [1.82, 2.24) is 5.32 Å². The van der Waals surface area contributed by atoms with Gasteiger partial charge >= 0.3 is 6.03 Å². The van der Waals surface area contributed by atoms with Gasteiger partial charge in [-0.3, -0.25) is 4.21 Å². The minimum absolute atomic E-state index is 0.0721. The Morgan fingerprint density at radius 2 is 2.04 bits per heavy atom. The quantitative estimate of drug-likeness (QED) is 0.895. The fourth-order valence-corrected chi connectivity index (χ4v) is 3.39. The van der Waals surface area contributed by atoms with Crippen LogP contribution in [-0.2, 0) is 10.8 Å². The second kappa shape index (κ2) is 7.05. The van der Waals surface area contributed by atoms with Gasteiger partial charge in [0.15, 0.2) is 0 Å². The monoisotopic (exact) mass is 344 g/mol. The first-order chi connectivity index (χ1) is 11.5. The van der Waals surface area contributed by atoms with E-state index in [1.54, 1.807) is 30.5 Å². The summed E-state index contributed by atoms with van der Waals surface area (Å²) in [6.45, 7) is 2.53. The van der Waals surface area contributed by atoms with E-state index in [0.29, 0.717) is 17.2 Å². The maximum Gasteiger partial charge on any atom is 0.319 e. The van der Waals surface area contributed by atoms with Crippen LogP contribution in [0.3, 0.4) is 0 Å². The molecule has 0 saturated carbocycles. The molecule has 0 aromatic heterocycles. The Kier molecular flexibility index (Phi) is 4.85. The van der Waals surface area contributed by atoms with Gasteiger partial charge in [-0.25, -0.2) is 4.79 Å². The van der Waals surface area contributed by atoms with Crippen molar-refractivity contribution in [1.29, 1.82) is 0 Å². The smallest absolute Gasteiger partial charge is 0.319 e. The van der Waals surface area contributed by atoms with Crippen molar-refractivity contribution >= 4 is 22.5 Å². The number of hydrogen-bond donors (Lipinski definition) is 2. The summed E-state index contributed by atoms with van der Waals surface area (Å²) in [5, 5.41) is 5.74. The van der Waals surface area contributed by atoms with Crippen molar-refractivity contribution in [3.63, 3.8) is 0 Å². The Labute approximate surface area is 143 Å². The average molecular weight is 344 g/mol. The fourth-order valence-electron chi connectivity index (χ4n) is 2.83. The van der Waals surface area contributed by atoms with Gasteiger partial charge < -0.3 is 15.4 Å². The number of para-hydroxylation sites is 1. The maximum absolute atomic E-state index is 12.2. The Balaban J connectivity index is 1.63. The van der Waals surface area contributed by atoms with Crippen molar-refractivity contribution in [2.24, 2.45) is 0 Å². The number of fused-ring (bicyclic) bond motifs is 1. The molecule has 0 radical (unpaired) electrons. The molecule has 1 heterocycles. The molecule has 0 bridgehead atoms. The highest BCUT2D eigenvalue weighted by Crippen LogP contribution is 2.35. The van der Waals surface area contributed by atoms with Gasteiger partial charge in [-0.05, 0) is 31.2 Å². The van der Waals surface area contributed by atoms with Gasteiger partial charge in [0.05, 0.1) is 6.61 Å². The highest BCUT2D eigenvalue weighted by Gasteiger charge is 2.29. The van der Waals surface area contributed by atoms with Crippen LogP contribution in [0, 0.1) is 0 Å². The second-order valence-corrected chi connectivity index (χ2v) is 7.20. The highest BCUT2D eigenvalue weighted by molar-refractivity contribution is 7.84. The predicted octanol–water partition coefficient (Wildman–Crippen LogP) is 3.11. The molecule has 3 rings (SSSR count). The van der Waals surface area contributed by atoms with E-state index in [2.05, 4.69) is 10.6 Å². The molecule has 6 heteroatoms. The van der Waals surface area contributed by atoms with E-state index in [0.717, 1.165) is 11.3 Å². The average Bonchev–Trinajstić information content (AvgIpc) is 2.99. The third kappa shape index (κ3) is 3.59. The molecule has 0 unspecified atom stereocenters. The molecule has 1 aliphatic heterocycles. The Morgan fingerprint density at radius 3 is 2.83 bits per heavy atom. The van der Waals surface area contributed by atoms with Crippen molar-refractivity contribution in [2.45, 2.75) is 23.8 Å². The zero-order valence-corrected chi connectivity index (χ0v) is 14.4. The first kappa shape index (κ1) is 16.5. The molecule has 2 amide bonds. The normalized spacial score (nSPS) is 18.2. The van der Waals surface area contributed by atoms with Crippen molar-refractivity contribution in [2.75, 3.05) is 18.2 Å². The number of rotatable bonds is 4. The molecule has 0 spiro atoms. The van der Waals surface area contributed by atoms with Crippen LogP contribution in [0.2, 0.25) is 0 Å². The SMILES string of the molecule is C[C@H](NC(=O)Nc1cccc([S@](C)=O)c1)[C@@H]1COc2ccccc21. The summed E-state index contributed by atoms with van der Waals surface area (Å²) in [6.07, 6.45) is 1.61. The van der Waals surface area contributed by atoms with Crippen molar-refractivity contribution in [3.05, 3.63) is 54.1 Å². The number of anilines is 1. The van der Waals surface area contributed by atoms with Crippen molar-refractivity contribution in [3.8, 4) is 5.75 Å². The number of amides is 2. The van der Waals surface area contributed by atoms with Crippen LogP contribution in [0.5, 0.6) is 5.75 Å². The number of carbonyl (C=O) groups is 1. The molecule has 2 aromatic carbocycles. The highest BCUT2D eigenvalue weighted by atomic mass is 32.2. The van der Waals surface area contributed by atoms with Crippen LogP contribution in [0.4, 0.5) is 10.5 Å². The van der Waals surface area contributed by atoms with Crippen LogP contribution in [0.25, 0.3) is 0 Å². The standard InChI is InChI=1S/C18H20N2O3S/c1-12(16-11-23-17-9-4-3-8-15(16)17)19-18(21)20-13-6-5-7-14(10-13)24(2)22/h3-10,12,16H,11H2,1-2H3,(H2,19,20,21)/t12-,16-,24-/m0/s1. The van der Waals surface area contributed by atoms with E-state index in [1.165, 1.54) is 0 Å². The van der Waals surface area contributed by atoms with Crippen molar-refractivity contribution < 1.29 is 13.7 Å². The minimum atomic E-state index is -1.08. The molecule has 0 fully saturated rings. The van der Waals surface area contributed by atoms with Crippen LogP contribution >= 0.6 is 0 Å². The molecule has 2 N–H and O–H groups in total. The number of ether oxygens (including phenoxy) is 1. The summed E-state index contributed by atoms with van der Waals surface area (Å²) in [6, 6.07) is 14.6. The summed E-state index contributed by atoms with van der Waals surface area (Å²) >= 11 is 0. The van der Waals surface area contributed by atoms with Gasteiger partial charge in [-0.1, -0.05) is 24.3 Å². The number of nitrogens with one attached hydrogen (secondary N) is 2. The van der Waals surface area contributed by atoms with Gasteiger partial charge in [0.25, 0.3) is 0 Å².